The van der Waals surface area contributed by atoms with Gasteiger partial charge < -0.3 is 14.8 Å². The summed E-state index contributed by atoms with van der Waals surface area (Å²) in [6.07, 6.45) is -1.76. The Morgan fingerprint density at radius 3 is 1.52 bits per heavy atom. The van der Waals surface area contributed by atoms with Crippen LogP contribution in [0, 0.1) is 43.4 Å². The zero-order chi connectivity index (χ0) is 57.8. The summed E-state index contributed by atoms with van der Waals surface area (Å²) in [5, 5.41) is 24.7. The number of ether oxygens (including phenoxy) is 2. The molecule has 0 amide bonds. The largest absolute Gasteiger partial charge is 0.573 e. The van der Waals surface area contributed by atoms with Crippen molar-refractivity contribution in [2.24, 2.45) is 11.8 Å². The summed E-state index contributed by atoms with van der Waals surface area (Å²) in [7, 11) is 0. The van der Waals surface area contributed by atoms with E-state index in [1.54, 1.807) is 33.6 Å². The number of alkyl halides is 6. The number of rotatable bonds is 21. The molecule has 0 bridgehead atoms. The maximum atomic E-state index is 13.5. The fourth-order valence-corrected chi connectivity index (χ4v) is 10.0. The summed E-state index contributed by atoms with van der Waals surface area (Å²) in [6.45, 7) is 8.57. The molecule has 0 spiro atoms. The lowest BCUT2D eigenvalue weighted by Crippen LogP contribution is -2.25. The summed E-state index contributed by atoms with van der Waals surface area (Å²) in [5.74, 6) is 0.547. The fourth-order valence-electron chi connectivity index (χ4n) is 10.0. The zero-order valence-corrected chi connectivity index (χ0v) is 46.7. The number of nitrogens with zero attached hydrogens (tertiary/aromatic N) is 6. The van der Waals surface area contributed by atoms with Crippen LogP contribution in [0.4, 0.5) is 26.3 Å². The van der Waals surface area contributed by atoms with Gasteiger partial charge in [-0.2, -0.15) is 10.2 Å². The molecular formula is C64H64ClF6N7O4. The Bertz CT molecular complexity index is 3470. The van der Waals surface area contributed by atoms with Gasteiger partial charge in [-0.1, -0.05) is 117 Å². The van der Waals surface area contributed by atoms with Crippen LogP contribution in [-0.2, 0) is 19.3 Å². The highest BCUT2D eigenvalue weighted by atomic mass is 35.5. The first-order chi connectivity index (χ1) is 38.8. The van der Waals surface area contributed by atoms with Crippen LogP contribution in [0.5, 0.6) is 11.5 Å². The number of carbonyl (C=O) groups is 2. The summed E-state index contributed by atoms with van der Waals surface area (Å²) < 4.78 is 89.0. The Hall–Kier alpha value is -8.07. The number of Topliss-reactive ketones (excluding diaryl/α,β-unsaturated/α-hetero) is 2. The minimum absolute atomic E-state index is 0. The van der Waals surface area contributed by atoms with E-state index in [0.29, 0.717) is 28.8 Å². The van der Waals surface area contributed by atoms with Crippen LogP contribution in [0.1, 0.15) is 134 Å². The third kappa shape index (κ3) is 17.5. The smallest absolute Gasteiger partial charge is 0.406 e. The van der Waals surface area contributed by atoms with Crippen LogP contribution in [0.25, 0.3) is 11.4 Å². The van der Waals surface area contributed by atoms with Crippen LogP contribution < -0.4 is 14.8 Å². The first-order valence-electron chi connectivity index (χ1n) is 27.0. The summed E-state index contributed by atoms with van der Waals surface area (Å²) in [4.78, 5) is 27.0. The Kier molecular flexibility index (Phi) is 20.7. The second-order valence-corrected chi connectivity index (χ2v) is 20.8. The molecule has 11 nitrogen and oxygen atoms in total. The standard InChI is InChI=1S/C33H33F3N2O2.C31H30F3N3O2.ClH.N2/c1-3-23-7-5-11-28(19-23)38-31(17-22(2)37-38)32(39)20-25-8-4-9-26(18-25)30(16-15-24-13-14-24)27-10-6-12-29(21-27)40-33(34,35)36;1-20-6-3-10-26(14-20)37-28(15-21(2)36-37)29(38)17-23-7-4-8-24(16-23)30(35-19-22-12-13-22)25-9-5-11-27(18-25)39-31(32,33)34;;1-2/h4-12,17-19,21,24,30H,3,13-16,20H2,1-2H3;3-11,14-16,18,22,30,35H,12-13,17,19H2,1-2H3;1H;. The highest BCUT2D eigenvalue weighted by molar-refractivity contribution is 5.97. The molecule has 0 aliphatic heterocycles. The Morgan fingerprint density at radius 1 is 0.573 bits per heavy atom. The van der Waals surface area contributed by atoms with Gasteiger partial charge in [0.1, 0.15) is 22.9 Å². The van der Waals surface area contributed by atoms with Crippen molar-refractivity contribution in [1.29, 1.82) is 10.8 Å². The van der Waals surface area contributed by atoms with Gasteiger partial charge in [-0.15, -0.1) is 38.7 Å². The maximum Gasteiger partial charge on any atom is 0.573 e. The number of hydrogen-bond acceptors (Lipinski definition) is 9. The molecule has 8 aromatic rings. The average Bonchev–Trinajstić information content (AvgIpc) is 4.47. The molecule has 2 atom stereocenters. The molecule has 2 aromatic heterocycles. The number of aryl methyl sites for hydroxylation is 4. The van der Waals surface area contributed by atoms with Gasteiger partial charge in [0, 0.05) is 29.5 Å². The van der Waals surface area contributed by atoms with Crippen LogP contribution >= 0.6 is 12.4 Å². The molecule has 2 aliphatic rings. The predicted molar refractivity (Wildman–Crippen MR) is 303 cm³/mol. The Balaban J connectivity index is 0.000000227. The molecule has 0 radical (unpaired) electrons. The average molecular weight is 1140 g/mol. The highest BCUT2D eigenvalue weighted by Crippen LogP contribution is 2.40. The quantitative estimate of drug-likeness (QED) is 0.0422. The third-order valence-corrected chi connectivity index (χ3v) is 14.2. The van der Waals surface area contributed by atoms with Crippen molar-refractivity contribution in [1.82, 2.24) is 24.9 Å². The van der Waals surface area contributed by atoms with E-state index in [1.807, 2.05) is 124 Å². The molecule has 6 aromatic carbocycles. The molecule has 428 valence electrons. The molecular weight excluding hydrogens is 1080 g/mol. The molecule has 2 unspecified atom stereocenters. The van der Waals surface area contributed by atoms with Crippen LogP contribution in [0.3, 0.4) is 0 Å². The van der Waals surface area contributed by atoms with E-state index in [4.69, 9.17) is 10.8 Å². The molecule has 10 rings (SSSR count). The Labute approximate surface area is 479 Å². The molecule has 18 heteroatoms. The van der Waals surface area contributed by atoms with Crippen molar-refractivity contribution in [2.45, 2.75) is 110 Å². The summed E-state index contributed by atoms with van der Waals surface area (Å²) in [6, 6.07) is 46.9. The van der Waals surface area contributed by atoms with E-state index < -0.39 is 12.7 Å². The van der Waals surface area contributed by atoms with E-state index in [-0.39, 0.29) is 60.3 Å². The van der Waals surface area contributed by atoms with Gasteiger partial charge in [0.25, 0.3) is 0 Å². The number of halogens is 7. The minimum Gasteiger partial charge on any atom is -0.406 e. The van der Waals surface area contributed by atoms with Crippen molar-refractivity contribution in [2.75, 3.05) is 6.54 Å². The summed E-state index contributed by atoms with van der Waals surface area (Å²) >= 11 is 0. The molecule has 0 saturated heterocycles. The number of nitrogens with one attached hydrogen (secondary N) is 1. The number of hydrogen-bond donors (Lipinski definition) is 1. The Morgan fingerprint density at radius 2 is 1.01 bits per heavy atom. The van der Waals surface area contributed by atoms with Gasteiger partial charge in [-0.3, -0.25) is 9.59 Å². The fraction of sp³-hybridized carbons (Fsp3) is 0.312. The second kappa shape index (κ2) is 27.6. The van der Waals surface area contributed by atoms with E-state index in [9.17, 15) is 35.9 Å². The lowest BCUT2D eigenvalue weighted by atomic mass is 9.85. The zero-order valence-electron chi connectivity index (χ0n) is 45.9. The molecule has 2 aliphatic carbocycles. The van der Waals surface area contributed by atoms with Crippen LogP contribution in [0.2, 0.25) is 0 Å². The van der Waals surface area contributed by atoms with Gasteiger partial charge in [0.15, 0.2) is 11.6 Å². The SMILES string of the molecule is CCc1cccc(-n2nc(C)cc2C(=O)Cc2cccc(C(CCC3CC3)c3cccc(OC(F)(F)F)c3)c2)c1.Cc1cccc(-n2nc(C)cc2C(=O)Cc2cccc(C(NCC3CC3)c3cccc(OC(F)(F)F)c3)c2)c1.Cl.N#N. The number of benzene rings is 6. The van der Waals surface area contributed by atoms with Crippen molar-refractivity contribution < 1.29 is 45.4 Å². The van der Waals surface area contributed by atoms with Crippen molar-refractivity contribution in [3.05, 3.63) is 225 Å². The van der Waals surface area contributed by atoms with Crippen molar-refractivity contribution in [3.8, 4) is 22.9 Å². The van der Waals surface area contributed by atoms with Gasteiger partial charge in [0.2, 0.25) is 0 Å². The van der Waals surface area contributed by atoms with E-state index in [0.717, 1.165) is 94.8 Å². The normalized spacial score (nSPS) is 13.8. The molecule has 82 heavy (non-hydrogen) atoms. The van der Waals surface area contributed by atoms with Gasteiger partial charge >= 0.3 is 12.7 Å². The highest BCUT2D eigenvalue weighted by Gasteiger charge is 2.33. The lowest BCUT2D eigenvalue weighted by Gasteiger charge is -2.21. The van der Waals surface area contributed by atoms with E-state index in [2.05, 4.69) is 38.0 Å². The third-order valence-electron chi connectivity index (χ3n) is 14.2. The van der Waals surface area contributed by atoms with E-state index >= 15 is 0 Å². The van der Waals surface area contributed by atoms with Crippen LogP contribution in [0.15, 0.2) is 158 Å². The van der Waals surface area contributed by atoms with Gasteiger partial charge in [-0.25, -0.2) is 9.36 Å². The molecule has 2 saturated carbocycles. The second-order valence-electron chi connectivity index (χ2n) is 20.8. The number of carbonyl (C=O) groups excluding carboxylic acids is 2. The van der Waals surface area contributed by atoms with E-state index in [1.165, 1.54) is 42.7 Å². The molecule has 1 N–H and O–H groups in total. The summed E-state index contributed by atoms with van der Waals surface area (Å²) in [5.41, 5.74) is 11.4. The van der Waals surface area contributed by atoms with Crippen molar-refractivity contribution in [3.63, 3.8) is 0 Å². The van der Waals surface area contributed by atoms with Crippen molar-refractivity contribution >= 4 is 24.0 Å². The van der Waals surface area contributed by atoms with Crippen LogP contribution in [-0.4, -0.2) is 50.4 Å². The monoisotopic (exact) mass is 1140 g/mol. The first-order valence-corrected chi connectivity index (χ1v) is 27.0. The number of aromatic nitrogens is 4. The predicted octanol–water partition coefficient (Wildman–Crippen LogP) is 15.7. The van der Waals surface area contributed by atoms with Gasteiger partial charge in [-0.05, 0) is 176 Å². The first kappa shape index (κ1) is 61.5. The topological polar surface area (TPSA) is 148 Å². The molecule has 2 heterocycles. The molecule has 2 fully saturated rings. The minimum atomic E-state index is -4.76. The maximum absolute atomic E-state index is 13.5. The lowest BCUT2D eigenvalue weighted by molar-refractivity contribution is -0.275. The van der Waals surface area contributed by atoms with Gasteiger partial charge in [0.05, 0.1) is 28.8 Å². The number of ketones is 2.